The van der Waals surface area contributed by atoms with E-state index in [2.05, 4.69) is 4.98 Å². The molecule has 0 aliphatic heterocycles. The van der Waals surface area contributed by atoms with Gasteiger partial charge in [0.2, 0.25) is 0 Å². The van der Waals surface area contributed by atoms with E-state index in [1.165, 1.54) is 11.3 Å². The van der Waals surface area contributed by atoms with E-state index in [1.54, 1.807) is 6.20 Å². The van der Waals surface area contributed by atoms with Crippen molar-refractivity contribution in [3.05, 3.63) is 16.1 Å². The SMILES string of the molecule is CCOCCc1ncc(C=O)s1. The van der Waals surface area contributed by atoms with Gasteiger partial charge < -0.3 is 4.74 Å². The van der Waals surface area contributed by atoms with Gasteiger partial charge in [-0.15, -0.1) is 11.3 Å². The number of hydrogen-bond donors (Lipinski definition) is 0. The molecule has 12 heavy (non-hydrogen) atoms. The van der Waals surface area contributed by atoms with Gasteiger partial charge in [0.1, 0.15) is 0 Å². The molecule has 0 aliphatic carbocycles. The van der Waals surface area contributed by atoms with Crippen LogP contribution in [0, 0.1) is 0 Å². The van der Waals surface area contributed by atoms with Gasteiger partial charge in [-0.2, -0.15) is 0 Å². The summed E-state index contributed by atoms with van der Waals surface area (Å²) in [7, 11) is 0. The van der Waals surface area contributed by atoms with Crippen molar-refractivity contribution >= 4 is 17.6 Å². The second kappa shape index (κ2) is 5.00. The minimum Gasteiger partial charge on any atom is -0.381 e. The molecule has 4 heteroatoms. The van der Waals surface area contributed by atoms with E-state index in [4.69, 9.17) is 4.74 Å². The van der Waals surface area contributed by atoms with Gasteiger partial charge in [0.05, 0.1) is 16.5 Å². The number of hydrogen-bond acceptors (Lipinski definition) is 4. The van der Waals surface area contributed by atoms with Gasteiger partial charge in [0, 0.05) is 19.2 Å². The largest absolute Gasteiger partial charge is 0.381 e. The Bertz CT molecular complexity index is 247. The maximum Gasteiger partial charge on any atom is 0.161 e. The zero-order valence-electron chi connectivity index (χ0n) is 6.95. The second-order valence-electron chi connectivity index (χ2n) is 2.22. The number of aldehydes is 1. The van der Waals surface area contributed by atoms with Gasteiger partial charge in [0.25, 0.3) is 0 Å². The first-order valence-corrected chi connectivity index (χ1v) is 4.66. The highest BCUT2D eigenvalue weighted by atomic mass is 32.1. The lowest BCUT2D eigenvalue weighted by molar-refractivity contribution is 0.112. The van der Waals surface area contributed by atoms with Crippen LogP contribution in [0.4, 0.5) is 0 Å². The minimum absolute atomic E-state index is 0.682. The summed E-state index contributed by atoms with van der Waals surface area (Å²) in [5.74, 6) is 0. The predicted octanol–water partition coefficient (Wildman–Crippen LogP) is 1.53. The Kier molecular flexibility index (Phi) is 3.90. The average Bonchev–Trinajstić information content (AvgIpc) is 2.53. The standard InChI is InChI=1S/C8H11NO2S/c1-2-11-4-3-8-9-5-7(6-10)12-8/h5-6H,2-4H2,1H3. The van der Waals surface area contributed by atoms with E-state index in [-0.39, 0.29) is 0 Å². The maximum absolute atomic E-state index is 10.3. The second-order valence-corrected chi connectivity index (χ2v) is 3.37. The van der Waals surface area contributed by atoms with E-state index in [0.29, 0.717) is 11.5 Å². The Morgan fingerprint density at radius 3 is 3.17 bits per heavy atom. The summed E-state index contributed by atoms with van der Waals surface area (Å²) in [6.07, 6.45) is 3.22. The normalized spacial score (nSPS) is 10.1. The van der Waals surface area contributed by atoms with Crippen molar-refractivity contribution in [2.45, 2.75) is 13.3 Å². The van der Waals surface area contributed by atoms with Crippen molar-refractivity contribution in [3.63, 3.8) is 0 Å². The Labute approximate surface area is 75.4 Å². The summed E-state index contributed by atoms with van der Waals surface area (Å²) in [6, 6.07) is 0. The lowest BCUT2D eigenvalue weighted by Gasteiger charge is -1.95. The van der Waals surface area contributed by atoms with Crippen LogP contribution in [-0.4, -0.2) is 24.5 Å². The predicted molar refractivity (Wildman–Crippen MR) is 47.7 cm³/mol. The van der Waals surface area contributed by atoms with Gasteiger partial charge in [-0.1, -0.05) is 0 Å². The van der Waals surface area contributed by atoms with Crippen molar-refractivity contribution < 1.29 is 9.53 Å². The topological polar surface area (TPSA) is 39.2 Å². The van der Waals surface area contributed by atoms with Crippen molar-refractivity contribution in [2.24, 2.45) is 0 Å². The molecule has 0 spiro atoms. The molecule has 0 fully saturated rings. The first-order valence-electron chi connectivity index (χ1n) is 3.84. The first-order chi connectivity index (χ1) is 5.86. The Morgan fingerprint density at radius 2 is 2.58 bits per heavy atom. The third kappa shape index (κ3) is 2.71. The van der Waals surface area contributed by atoms with Crippen LogP contribution in [-0.2, 0) is 11.2 Å². The van der Waals surface area contributed by atoms with Gasteiger partial charge >= 0.3 is 0 Å². The highest BCUT2D eigenvalue weighted by Crippen LogP contribution is 2.10. The zero-order valence-corrected chi connectivity index (χ0v) is 7.76. The zero-order chi connectivity index (χ0) is 8.81. The van der Waals surface area contributed by atoms with E-state index in [1.807, 2.05) is 6.92 Å². The molecule has 0 amide bonds. The number of thiazole rings is 1. The molecule has 0 bridgehead atoms. The van der Waals surface area contributed by atoms with Crippen LogP contribution in [0.5, 0.6) is 0 Å². The summed E-state index contributed by atoms with van der Waals surface area (Å²) in [4.78, 5) is 15.0. The summed E-state index contributed by atoms with van der Waals surface area (Å²) >= 11 is 1.42. The number of ether oxygens (including phenoxy) is 1. The number of carbonyl (C=O) groups is 1. The van der Waals surface area contributed by atoms with Crippen LogP contribution >= 0.6 is 11.3 Å². The van der Waals surface area contributed by atoms with E-state index < -0.39 is 0 Å². The maximum atomic E-state index is 10.3. The van der Waals surface area contributed by atoms with E-state index in [0.717, 1.165) is 24.3 Å². The molecule has 0 atom stereocenters. The molecule has 0 saturated heterocycles. The minimum atomic E-state index is 0.682. The number of carbonyl (C=O) groups excluding carboxylic acids is 1. The third-order valence-corrected chi connectivity index (χ3v) is 2.33. The molecule has 0 N–H and O–H groups in total. The molecule has 0 saturated carbocycles. The number of aromatic nitrogens is 1. The van der Waals surface area contributed by atoms with Gasteiger partial charge in [0.15, 0.2) is 6.29 Å². The quantitative estimate of drug-likeness (QED) is 0.516. The van der Waals surface area contributed by atoms with Crippen molar-refractivity contribution in [2.75, 3.05) is 13.2 Å². The van der Waals surface area contributed by atoms with Crippen molar-refractivity contribution in [3.8, 4) is 0 Å². The Hall–Kier alpha value is -0.740. The number of nitrogens with zero attached hydrogens (tertiary/aromatic N) is 1. The van der Waals surface area contributed by atoms with Gasteiger partial charge in [-0.05, 0) is 6.92 Å². The summed E-state index contributed by atoms with van der Waals surface area (Å²) in [5, 5.41) is 0.963. The highest BCUT2D eigenvalue weighted by Gasteiger charge is 1.99. The molecular formula is C8H11NO2S. The van der Waals surface area contributed by atoms with E-state index in [9.17, 15) is 4.79 Å². The molecule has 66 valence electrons. The van der Waals surface area contributed by atoms with Crippen LogP contribution in [0.1, 0.15) is 21.6 Å². The summed E-state index contributed by atoms with van der Waals surface area (Å²) < 4.78 is 5.16. The molecule has 1 aromatic rings. The monoisotopic (exact) mass is 185 g/mol. The van der Waals surface area contributed by atoms with Crippen LogP contribution in [0.25, 0.3) is 0 Å². The highest BCUT2D eigenvalue weighted by molar-refractivity contribution is 7.13. The summed E-state index contributed by atoms with van der Waals surface area (Å²) in [6.45, 7) is 3.37. The van der Waals surface area contributed by atoms with Crippen LogP contribution in [0.15, 0.2) is 6.20 Å². The Balaban J connectivity index is 2.36. The summed E-state index contributed by atoms with van der Waals surface area (Å²) in [5.41, 5.74) is 0. The number of rotatable bonds is 5. The molecule has 1 aromatic heterocycles. The van der Waals surface area contributed by atoms with Gasteiger partial charge in [-0.25, -0.2) is 4.98 Å². The molecule has 0 aliphatic rings. The van der Waals surface area contributed by atoms with Crippen LogP contribution in [0.2, 0.25) is 0 Å². The molecule has 0 aromatic carbocycles. The van der Waals surface area contributed by atoms with Crippen LogP contribution in [0.3, 0.4) is 0 Å². The molecule has 0 unspecified atom stereocenters. The smallest absolute Gasteiger partial charge is 0.161 e. The fourth-order valence-corrected chi connectivity index (χ4v) is 1.51. The third-order valence-electron chi connectivity index (χ3n) is 1.35. The fourth-order valence-electron chi connectivity index (χ4n) is 0.798. The Morgan fingerprint density at radius 1 is 1.75 bits per heavy atom. The molecular weight excluding hydrogens is 174 g/mol. The molecule has 1 rings (SSSR count). The van der Waals surface area contributed by atoms with Gasteiger partial charge in [-0.3, -0.25) is 4.79 Å². The molecule has 0 radical (unpaired) electrons. The van der Waals surface area contributed by atoms with Crippen molar-refractivity contribution in [1.29, 1.82) is 0 Å². The lowest BCUT2D eigenvalue weighted by Crippen LogP contribution is -1.96. The van der Waals surface area contributed by atoms with Crippen molar-refractivity contribution in [1.82, 2.24) is 4.98 Å². The average molecular weight is 185 g/mol. The molecule has 3 nitrogen and oxygen atoms in total. The van der Waals surface area contributed by atoms with Crippen LogP contribution < -0.4 is 0 Å². The fraction of sp³-hybridized carbons (Fsp3) is 0.500. The molecule has 1 heterocycles. The first kappa shape index (κ1) is 9.35. The van der Waals surface area contributed by atoms with E-state index >= 15 is 0 Å². The lowest BCUT2D eigenvalue weighted by atomic mass is 10.5.